The van der Waals surface area contributed by atoms with Crippen molar-refractivity contribution in [3.63, 3.8) is 0 Å². The van der Waals surface area contributed by atoms with Crippen molar-refractivity contribution in [2.75, 3.05) is 20.2 Å². The number of nitrogens with zero attached hydrogens (tertiary/aromatic N) is 3. The maximum Gasteiger partial charge on any atom is 0.271 e. The number of ether oxygens (including phenoxy) is 1. The van der Waals surface area contributed by atoms with Gasteiger partial charge in [0.05, 0.1) is 18.7 Å². The van der Waals surface area contributed by atoms with Crippen LogP contribution in [0.5, 0.6) is 5.75 Å². The fourth-order valence-corrected chi connectivity index (χ4v) is 3.72. The minimum atomic E-state index is -0.224. The largest absolute Gasteiger partial charge is 0.497 e. The van der Waals surface area contributed by atoms with E-state index in [1.54, 1.807) is 30.5 Å². The molecule has 1 aromatic carbocycles. The lowest BCUT2D eigenvalue weighted by Gasteiger charge is -2.31. The summed E-state index contributed by atoms with van der Waals surface area (Å²) in [5.74, 6) is 0.386. The van der Waals surface area contributed by atoms with Crippen molar-refractivity contribution in [2.24, 2.45) is 5.92 Å². The van der Waals surface area contributed by atoms with E-state index in [4.69, 9.17) is 4.74 Å². The monoisotopic (exact) mass is 419 g/mol. The second-order valence-corrected chi connectivity index (χ2v) is 7.56. The van der Waals surface area contributed by atoms with Crippen molar-refractivity contribution in [2.45, 2.75) is 19.4 Å². The molecule has 8 nitrogen and oxygen atoms in total. The Bertz CT molecular complexity index is 1030. The first kappa shape index (κ1) is 20.6. The van der Waals surface area contributed by atoms with Gasteiger partial charge in [0, 0.05) is 37.6 Å². The highest BCUT2D eigenvalue weighted by molar-refractivity contribution is 5.94. The van der Waals surface area contributed by atoms with Crippen molar-refractivity contribution >= 4 is 11.8 Å². The van der Waals surface area contributed by atoms with Crippen LogP contribution in [0.1, 0.15) is 28.9 Å². The van der Waals surface area contributed by atoms with E-state index >= 15 is 0 Å². The van der Waals surface area contributed by atoms with Gasteiger partial charge in [0.15, 0.2) is 0 Å². The van der Waals surface area contributed by atoms with Crippen LogP contribution >= 0.6 is 0 Å². The van der Waals surface area contributed by atoms with Crippen LogP contribution in [0, 0.1) is 5.92 Å². The Morgan fingerprint density at radius 2 is 1.97 bits per heavy atom. The number of hydrogen-bond donors (Lipinski definition) is 2. The van der Waals surface area contributed by atoms with Gasteiger partial charge in [0.25, 0.3) is 5.91 Å². The summed E-state index contributed by atoms with van der Waals surface area (Å²) in [7, 11) is 1.62. The van der Waals surface area contributed by atoms with E-state index in [-0.39, 0.29) is 17.7 Å². The van der Waals surface area contributed by atoms with Crippen molar-refractivity contribution in [1.82, 2.24) is 25.4 Å². The quantitative estimate of drug-likeness (QED) is 0.640. The van der Waals surface area contributed by atoms with E-state index in [9.17, 15) is 9.59 Å². The number of H-pyrrole nitrogens is 1. The van der Waals surface area contributed by atoms with E-state index in [1.165, 1.54) is 0 Å². The maximum atomic E-state index is 13.0. The topological polar surface area (TPSA) is 100 Å². The second kappa shape index (κ2) is 9.42. The molecule has 1 atom stereocenters. The van der Waals surface area contributed by atoms with Crippen LogP contribution in [0.3, 0.4) is 0 Å². The highest BCUT2D eigenvalue weighted by Gasteiger charge is 2.29. The third-order valence-electron chi connectivity index (χ3n) is 5.49. The molecule has 2 amide bonds. The van der Waals surface area contributed by atoms with Gasteiger partial charge in [-0.2, -0.15) is 5.10 Å². The molecule has 0 aliphatic carbocycles. The molecule has 31 heavy (non-hydrogen) atoms. The lowest BCUT2D eigenvalue weighted by molar-refractivity contribution is -0.126. The number of carbonyl (C=O) groups excluding carboxylic acids is 2. The van der Waals surface area contributed by atoms with Gasteiger partial charge in [-0.05, 0) is 48.7 Å². The van der Waals surface area contributed by atoms with Gasteiger partial charge >= 0.3 is 0 Å². The third kappa shape index (κ3) is 4.91. The summed E-state index contributed by atoms with van der Waals surface area (Å²) < 4.78 is 5.15. The Hall–Kier alpha value is -3.68. The first-order valence-corrected chi connectivity index (χ1v) is 10.3. The zero-order valence-electron chi connectivity index (χ0n) is 17.4. The lowest BCUT2D eigenvalue weighted by atomic mass is 9.96. The van der Waals surface area contributed by atoms with Gasteiger partial charge in [0.1, 0.15) is 11.4 Å². The molecule has 0 spiro atoms. The molecule has 8 heteroatoms. The molecule has 0 radical (unpaired) electrons. The summed E-state index contributed by atoms with van der Waals surface area (Å²) in [5.41, 5.74) is 3.00. The fraction of sp³-hybridized carbons (Fsp3) is 0.304. The zero-order valence-corrected chi connectivity index (χ0v) is 17.4. The Morgan fingerprint density at radius 3 is 2.71 bits per heavy atom. The molecule has 160 valence electrons. The molecule has 0 saturated carbocycles. The minimum Gasteiger partial charge on any atom is -0.497 e. The number of nitrogens with one attached hydrogen (secondary N) is 2. The van der Waals surface area contributed by atoms with Crippen molar-refractivity contribution in [3.05, 3.63) is 66.1 Å². The standard InChI is InChI=1S/C23H25N5O3/c1-31-19-6-4-16(5-7-19)14-25-22(29)18-3-2-12-28(15-18)23(30)21-13-20(26-27-21)17-8-10-24-11-9-17/h4-11,13,18H,2-3,12,14-15H2,1H3,(H,25,29)(H,26,27)/t18-/m0/s1. The van der Waals surface area contributed by atoms with E-state index < -0.39 is 0 Å². The molecule has 0 bridgehead atoms. The SMILES string of the molecule is COc1ccc(CNC(=O)[C@H]2CCCN(C(=O)c3cc(-c4ccncc4)n[nH]3)C2)cc1. The fourth-order valence-electron chi connectivity index (χ4n) is 3.72. The number of aromatic nitrogens is 3. The van der Waals surface area contributed by atoms with Crippen molar-refractivity contribution < 1.29 is 14.3 Å². The predicted molar refractivity (Wildman–Crippen MR) is 115 cm³/mol. The van der Waals surface area contributed by atoms with Gasteiger partial charge in [-0.1, -0.05) is 12.1 Å². The minimum absolute atomic E-state index is 0.0320. The molecular weight excluding hydrogens is 394 g/mol. The van der Waals surface area contributed by atoms with Gasteiger partial charge < -0.3 is 15.0 Å². The average Bonchev–Trinajstić information content (AvgIpc) is 3.33. The molecule has 1 aliphatic heterocycles. The number of amides is 2. The molecule has 2 N–H and O–H groups in total. The molecule has 3 heterocycles. The van der Waals surface area contributed by atoms with E-state index in [0.717, 1.165) is 29.7 Å². The number of aromatic amines is 1. The van der Waals surface area contributed by atoms with E-state index in [1.807, 2.05) is 36.4 Å². The molecule has 1 aliphatic rings. The van der Waals surface area contributed by atoms with Crippen molar-refractivity contribution in [3.8, 4) is 17.0 Å². The number of methoxy groups -OCH3 is 1. The smallest absolute Gasteiger partial charge is 0.271 e. The first-order valence-electron chi connectivity index (χ1n) is 10.3. The molecule has 2 aromatic heterocycles. The maximum absolute atomic E-state index is 13.0. The van der Waals surface area contributed by atoms with E-state index in [2.05, 4.69) is 20.5 Å². The molecule has 1 fully saturated rings. The van der Waals surface area contributed by atoms with Gasteiger partial charge in [0.2, 0.25) is 5.91 Å². The van der Waals surface area contributed by atoms with Crippen LogP contribution < -0.4 is 10.1 Å². The van der Waals surface area contributed by atoms with Crippen LogP contribution in [-0.4, -0.2) is 52.1 Å². The number of likely N-dealkylation sites (tertiary alicyclic amines) is 1. The summed E-state index contributed by atoms with van der Waals surface area (Å²) in [6.07, 6.45) is 4.93. The second-order valence-electron chi connectivity index (χ2n) is 7.56. The van der Waals surface area contributed by atoms with Crippen LogP contribution in [-0.2, 0) is 11.3 Å². The van der Waals surface area contributed by atoms with Crippen LogP contribution in [0.4, 0.5) is 0 Å². The molecule has 0 unspecified atom stereocenters. The highest BCUT2D eigenvalue weighted by Crippen LogP contribution is 2.21. The Morgan fingerprint density at radius 1 is 1.19 bits per heavy atom. The predicted octanol–water partition coefficient (Wildman–Crippen LogP) is 2.65. The number of carbonyl (C=O) groups is 2. The normalized spacial score (nSPS) is 16.0. The lowest BCUT2D eigenvalue weighted by Crippen LogP contribution is -2.45. The number of rotatable bonds is 6. The first-order chi connectivity index (χ1) is 15.1. The Kier molecular flexibility index (Phi) is 6.26. The molecular formula is C23H25N5O3. The molecule has 3 aromatic rings. The summed E-state index contributed by atoms with van der Waals surface area (Å²) in [5, 5.41) is 10.1. The van der Waals surface area contributed by atoms with Crippen molar-refractivity contribution in [1.29, 1.82) is 0 Å². The highest BCUT2D eigenvalue weighted by atomic mass is 16.5. The summed E-state index contributed by atoms with van der Waals surface area (Å²) in [6.45, 7) is 1.48. The zero-order chi connectivity index (χ0) is 21.6. The van der Waals surface area contributed by atoms with Gasteiger partial charge in [-0.25, -0.2) is 0 Å². The molecule has 1 saturated heterocycles. The van der Waals surface area contributed by atoms with Gasteiger partial charge in [-0.15, -0.1) is 0 Å². The summed E-state index contributed by atoms with van der Waals surface area (Å²) >= 11 is 0. The summed E-state index contributed by atoms with van der Waals surface area (Å²) in [4.78, 5) is 31.4. The molecule has 4 rings (SSSR count). The van der Waals surface area contributed by atoms with Crippen LogP contribution in [0.2, 0.25) is 0 Å². The van der Waals surface area contributed by atoms with Gasteiger partial charge in [-0.3, -0.25) is 19.7 Å². The number of hydrogen-bond acceptors (Lipinski definition) is 5. The van der Waals surface area contributed by atoms with E-state index in [0.29, 0.717) is 31.0 Å². The summed E-state index contributed by atoms with van der Waals surface area (Å²) in [6, 6.07) is 13.0. The van der Waals surface area contributed by atoms with Crippen LogP contribution in [0.25, 0.3) is 11.3 Å². The number of piperidine rings is 1. The third-order valence-corrected chi connectivity index (χ3v) is 5.49. The number of pyridine rings is 1. The Labute approximate surface area is 180 Å². The van der Waals surface area contributed by atoms with Crippen LogP contribution in [0.15, 0.2) is 54.9 Å². The Balaban J connectivity index is 1.34. The average molecular weight is 419 g/mol. The number of benzene rings is 1.